The van der Waals surface area contributed by atoms with Crippen molar-refractivity contribution in [3.05, 3.63) is 34.9 Å². The summed E-state index contributed by atoms with van der Waals surface area (Å²) in [5.41, 5.74) is 0.886. The van der Waals surface area contributed by atoms with Gasteiger partial charge in [0.1, 0.15) is 6.10 Å². The first-order valence-electron chi connectivity index (χ1n) is 8.54. The third-order valence-electron chi connectivity index (χ3n) is 4.88. The molecule has 4 rings (SSSR count). The number of carbonyl (C=O) groups excluding carboxylic acids is 1. The lowest BCUT2D eigenvalue weighted by Gasteiger charge is -2.25. The average Bonchev–Trinajstić information content (AvgIpc) is 3.27. The monoisotopic (exact) mass is 414 g/mol. The third kappa shape index (κ3) is 3.65. The van der Waals surface area contributed by atoms with E-state index in [9.17, 15) is 13.2 Å². The van der Waals surface area contributed by atoms with Crippen LogP contribution in [0.3, 0.4) is 0 Å². The predicted molar refractivity (Wildman–Crippen MR) is 102 cm³/mol. The summed E-state index contributed by atoms with van der Waals surface area (Å²) in [6, 6.07) is 7.27. The second-order valence-electron chi connectivity index (χ2n) is 6.75. The van der Waals surface area contributed by atoms with Crippen LogP contribution in [-0.4, -0.2) is 59.9 Å². The van der Waals surface area contributed by atoms with Crippen molar-refractivity contribution in [1.29, 1.82) is 0 Å². The summed E-state index contributed by atoms with van der Waals surface area (Å²) in [5, 5.41) is 1.10. The molecule has 6 nitrogen and oxygen atoms in total. The molecule has 0 unspecified atom stereocenters. The number of amides is 1. The van der Waals surface area contributed by atoms with Crippen molar-refractivity contribution in [3.8, 4) is 0 Å². The van der Waals surface area contributed by atoms with E-state index < -0.39 is 15.9 Å². The molecule has 0 N–H and O–H groups in total. The van der Waals surface area contributed by atoms with Crippen LogP contribution in [0.25, 0.3) is 0 Å². The topological polar surface area (TPSA) is 76.0 Å². The van der Waals surface area contributed by atoms with E-state index in [-0.39, 0.29) is 28.7 Å². The van der Waals surface area contributed by atoms with Gasteiger partial charge in [-0.25, -0.2) is 8.42 Å². The molecule has 3 saturated heterocycles. The lowest BCUT2D eigenvalue weighted by atomic mass is 10.1. The fourth-order valence-corrected chi connectivity index (χ4v) is 7.72. The fraction of sp³-hybridized carbons (Fsp3) is 0.529. The normalized spacial score (nSPS) is 31.5. The van der Waals surface area contributed by atoms with E-state index in [1.807, 2.05) is 23.1 Å². The van der Waals surface area contributed by atoms with Gasteiger partial charge in [0.05, 0.1) is 17.5 Å². The minimum Gasteiger partial charge on any atom is -0.368 e. The lowest BCUT2D eigenvalue weighted by Crippen LogP contribution is -2.37. The highest BCUT2D eigenvalue weighted by atomic mass is 35.5. The molecule has 0 spiro atoms. The molecule has 3 heterocycles. The Hall–Kier alpha value is -1.09. The molecule has 0 radical (unpaired) electrons. The van der Waals surface area contributed by atoms with Crippen molar-refractivity contribution in [1.82, 2.24) is 4.90 Å². The van der Waals surface area contributed by atoms with Gasteiger partial charge in [-0.2, -0.15) is 4.99 Å². The van der Waals surface area contributed by atoms with Gasteiger partial charge in [-0.15, -0.1) is 0 Å². The zero-order chi connectivity index (χ0) is 18.3. The van der Waals surface area contributed by atoms with Crippen LogP contribution < -0.4 is 0 Å². The molecule has 1 amide bonds. The Kier molecular flexibility index (Phi) is 5.02. The number of hydrogen-bond acceptors (Lipinski definition) is 5. The summed E-state index contributed by atoms with van der Waals surface area (Å²) >= 11 is 7.66. The van der Waals surface area contributed by atoms with Gasteiger partial charge in [0, 0.05) is 23.4 Å². The van der Waals surface area contributed by atoms with Crippen LogP contribution >= 0.6 is 23.4 Å². The van der Waals surface area contributed by atoms with Crippen molar-refractivity contribution >= 4 is 44.3 Å². The summed E-state index contributed by atoms with van der Waals surface area (Å²) in [7, 11) is -3.07. The van der Waals surface area contributed by atoms with Crippen molar-refractivity contribution in [2.45, 2.75) is 36.8 Å². The molecule has 140 valence electrons. The summed E-state index contributed by atoms with van der Waals surface area (Å²) < 4.78 is 29.5. The van der Waals surface area contributed by atoms with Crippen molar-refractivity contribution in [3.63, 3.8) is 0 Å². The molecule has 0 aliphatic carbocycles. The number of ether oxygens (including phenoxy) is 1. The van der Waals surface area contributed by atoms with Gasteiger partial charge in [0.2, 0.25) is 0 Å². The van der Waals surface area contributed by atoms with Gasteiger partial charge in [-0.1, -0.05) is 41.6 Å². The Labute approximate surface area is 161 Å². The number of halogens is 1. The second kappa shape index (κ2) is 7.14. The van der Waals surface area contributed by atoms with Crippen molar-refractivity contribution in [2.75, 3.05) is 18.1 Å². The number of aliphatic imine (C=N–C) groups is 1. The number of carbonyl (C=O) groups is 1. The molecule has 9 heteroatoms. The molecular weight excluding hydrogens is 396 g/mol. The molecular formula is C17H19ClN2O4S2. The van der Waals surface area contributed by atoms with E-state index in [0.29, 0.717) is 29.8 Å². The average molecular weight is 415 g/mol. The van der Waals surface area contributed by atoms with E-state index in [0.717, 1.165) is 12.0 Å². The highest BCUT2D eigenvalue weighted by Crippen LogP contribution is 2.39. The van der Waals surface area contributed by atoms with E-state index in [1.165, 1.54) is 11.8 Å². The quantitative estimate of drug-likeness (QED) is 0.754. The maximum Gasteiger partial charge on any atom is 0.277 e. The zero-order valence-electron chi connectivity index (χ0n) is 14.0. The van der Waals surface area contributed by atoms with E-state index in [2.05, 4.69) is 4.99 Å². The molecule has 3 fully saturated rings. The Morgan fingerprint density at radius 3 is 2.88 bits per heavy atom. The first kappa shape index (κ1) is 18.3. The first-order valence-corrected chi connectivity index (χ1v) is 11.6. The molecule has 0 saturated carbocycles. The van der Waals surface area contributed by atoms with Crippen LogP contribution in [0, 0.1) is 0 Å². The number of amidine groups is 1. The molecule has 1 aromatic carbocycles. The van der Waals surface area contributed by atoms with E-state index in [4.69, 9.17) is 16.3 Å². The number of rotatable bonds is 3. The summed E-state index contributed by atoms with van der Waals surface area (Å²) in [6.45, 7) is 1.02. The summed E-state index contributed by atoms with van der Waals surface area (Å²) in [6.07, 6.45) is 1.07. The van der Waals surface area contributed by atoms with Crippen LogP contribution in [0.1, 0.15) is 18.4 Å². The lowest BCUT2D eigenvalue weighted by molar-refractivity contribution is -0.126. The molecule has 3 atom stereocenters. The maximum absolute atomic E-state index is 12.4. The van der Waals surface area contributed by atoms with Crippen LogP contribution in [0.15, 0.2) is 29.3 Å². The minimum atomic E-state index is -3.07. The zero-order valence-corrected chi connectivity index (χ0v) is 16.4. The molecule has 3 aliphatic heterocycles. The third-order valence-corrected chi connectivity index (χ3v) is 8.50. The number of hydrogen-bond donors (Lipinski definition) is 0. The highest BCUT2D eigenvalue weighted by Gasteiger charge is 2.49. The van der Waals surface area contributed by atoms with Crippen LogP contribution in [-0.2, 0) is 25.9 Å². The predicted octanol–water partition coefficient (Wildman–Crippen LogP) is 2.12. The molecule has 26 heavy (non-hydrogen) atoms. The molecule has 1 aromatic rings. The number of benzene rings is 1. The smallest absolute Gasteiger partial charge is 0.277 e. The maximum atomic E-state index is 12.4. The number of thioether (sulfide) groups is 1. The van der Waals surface area contributed by atoms with E-state index >= 15 is 0 Å². The molecule has 3 aliphatic rings. The van der Waals surface area contributed by atoms with Gasteiger partial charge in [-0.05, 0) is 24.5 Å². The van der Waals surface area contributed by atoms with Crippen molar-refractivity contribution < 1.29 is 17.9 Å². The molecule has 0 aromatic heterocycles. The standard InChI is InChI=1S/C17H19ClN2O4S2/c18-12-5-2-1-4-11(12)8-20-13-9-26(22,23)10-15(13)25-17(20)19-16(21)14-6-3-7-24-14/h1-2,4-5,13-15H,3,6-10H2/t13-,14+,15-/m1/s1. The Bertz CT molecular complexity index is 852. The second-order valence-corrected chi connectivity index (χ2v) is 10.5. The number of fused-ring (bicyclic) bond motifs is 1. The number of sulfone groups is 1. The fourth-order valence-electron chi connectivity index (χ4n) is 3.57. The first-order chi connectivity index (χ1) is 12.4. The van der Waals surface area contributed by atoms with E-state index in [1.54, 1.807) is 6.07 Å². The summed E-state index contributed by atoms with van der Waals surface area (Å²) in [5.74, 6) is -0.0755. The SMILES string of the molecule is O=C(N=C1S[C@@H]2CS(=O)(=O)C[C@H]2N1Cc1ccccc1Cl)[C@@H]1CCCO1. The van der Waals surface area contributed by atoms with Gasteiger partial charge < -0.3 is 9.64 Å². The number of nitrogens with zero attached hydrogens (tertiary/aromatic N) is 2. The largest absolute Gasteiger partial charge is 0.368 e. The van der Waals surface area contributed by atoms with Crippen LogP contribution in [0.5, 0.6) is 0 Å². The van der Waals surface area contributed by atoms with Crippen LogP contribution in [0.4, 0.5) is 0 Å². The minimum absolute atomic E-state index is 0.0856. The summed E-state index contributed by atoms with van der Waals surface area (Å²) in [4.78, 5) is 18.6. The Morgan fingerprint density at radius 2 is 2.15 bits per heavy atom. The van der Waals surface area contributed by atoms with Gasteiger partial charge >= 0.3 is 0 Å². The van der Waals surface area contributed by atoms with Crippen molar-refractivity contribution in [2.24, 2.45) is 4.99 Å². The Morgan fingerprint density at radius 1 is 1.35 bits per heavy atom. The van der Waals surface area contributed by atoms with Crippen LogP contribution in [0.2, 0.25) is 5.02 Å². The van der Waals surface area contributed by atoms with Gasteiger partial charge in [0.25, 0.3) is 5.91 Å². The van der Waals surface area contributed by atoms with Gasteiger partial charge in [-0.3, -0.25) is 4.79 Å². The highest BCUT2D eigenvalue weighted by molar-refractivity contribution is 8.15. The Balaban J connectivity index is 1.62. The molecule has 0 bridgehead atoms. The van der Waals surface area contributed by atoms with Gasteiger partial charge in [0.15, 0.2) is 15.0 Å².